The van der Waals surface area contributed by atoms with Crippen LogP contribution in [0.1, 0.15) is 23.1 Å². The number of rotatable bonds is 3. The summed E-state index contributed by atoms with van der Waals surface area (Å²) < 4.78 is 2.68. The maximum atomic E-state index is 10.1. The lowest BCUT2D eigenvalue weighted by atomic mass is 10.0. The molecule has 17 heavy (non-hydrogen) atoms. The molecule has 0 saturated heterocycles. The van der Waals surface area contributed by atoms with Crippen molar-refractivity contribution >= 4 is 15.9 Å². The van der Waals surface area contributed by atoms with Crippen LogP contribution in [0.5, 0.6) is 0 Å². The predicted octanol–water partition coefficient (Wildman–Crippen LogP) is 2.16. The van der Waals surface area contributed by atoms with Crippen LogP contribution in [0, 0.1) is 6.92 Å². The summed E-state index contributed by atoms with van der Waals surface area (Å²) in [6.07, 6.45) is 1.40. The van der Waals surface area contributed by atoms with Gasteiger partial charge >= 0.3 is 0 Å². The Morgan fingerprint density at radius 2 is 2.24 bits per heavy atom. The first-order chi connectivity index (χ1) is 8.08. The van der Waals surface area contributed by atoms with Gasteiger partial charge in [0, 0.05) is 17.9 Å². The number of hydrogen-bond acceptors (Lipinski definition) is 3. The predicted molar refractivity (Wildman–Crippen MR) is 68.5 cm³/mol. The van der Waals surface area contributed by atoms with Crippen LogP contribution in [0.4, 0.5) is 0 Å². The van der Waals surface area contributed by atoms with E-state index in [1.54, 1.807) is 4.68 Å². The molecule has 1 unspecified atom stereocenters. The second kappa shape index (κ2) is 4.98. The summed E-state index contributed by atoms with van der Waals surface area (Å²) in [5.74, 6) is 0.772. The van der Waals surface area contributed by atoms with Crippen LogP contribution < -0.4 is 0 Å². The van der Waals surface area contributed by atoms with Gasteiger partial charge in [0.05, 0.1) is 6.10 Å². The van der Waals surface area contributed by atoms with Gasteiger partial charge in [-0.25, -0.2) is 4.98 Å². The number of aryl methyl sites for hydroxylation is 2. The topological polar surface area (TPSA) is 50.9 Å². The Bertz CT molecular complexity index is 524. The summed E-state index contributed by atoms with van der Waals surface area (Å²) in [6.45, 7) is 2.02. The van der Waals surface area contributed by atoms with Crippen LogP contribution in [-0.2, 0) is 13.5 Å². The molecule has 2 aromatic rings. The zero-order valence-corrected chi connectivity index (χ0v) is 11.3. The van der Waals surface area contributed by atoms with Gasteiger partial charge in [0.25, 0.3) is 0 Å². The van der Waals surface area contributed by atoms with Gasteiger partial charge in [-0.05, 0) is 24.1 Å². The molecule has 0 bridgehead atoms. The van der Waals surface area contributed by atoms with E-state index in [9.17, 15) is 5.11 Å². The quantitative estimate of drug-likeness (QED) is 0.944. The fourth-order valence-corrected chi connectivity index (χ4v) is 2.01. The Balaban J connectivity index is 2.17. The number of hydrogen-bond donors (Lipinski definition) is 1. The van der Waals surface area contributed by atoms with Crippen molar-refractivity contribution < 1.29 is 5.11 Å². The van der Waals surface area contributed by atoms with E-state index in [1.807, 2.05) is 32.2 Å². The van der Waals surface area contributed by atoms with Crippen molar-refractivity contribution in [1.29, 1.82) is 0 Å². The van der Waals surface area contributed by atoms with Gasteiger partial charge in [-0.2, -0.15) is 5.10 Å². The Labute approximate surface area is 108 Å². The molecule has 2 rings (SSSR count). The molecule has 90 valence electrons. The van der Waals surface area contributed by atoms with Crippen LogP contribution in [0.2, 0.25) is 0 Å². The van der Waals surface area contributed by atoms with E-state index < -0.39 is 6.10 Å². The van der Waals surface area contributed by atoms with Gasteiger partial charge in [0.1, 0.15) is 12.2 Å². The number of nitrogens with zero attached hydrogens (tertiary/aromatic N) is 3. The second-order valence-corrected chi connectivity index (χ2v) is 4.88. The lowest BCUT2D eigenvalue weighted by Crippen LogP contribution is -2.07. The van der Waals surface area contributed by atoms with Gasteiger partial charge in [0.2, 0.25) is 0 Å². The first-order valence-electron chi connectivity index (χ1n) is 5.35. The van der Waals surface area contributed by atoms with Crippen LogP contribution in [0.3, 0.4) is 0 Å². The third-order valence-electron chi connectivity index (χ3n) is 2.76. The zero-order chi connectivity index (χ0) is 12.4. The molecule has 0 aliphatic carbocycles. The van der Waals surface area contributed by atoms with Crippen molar-refractivity contribution in [3.05, 3.63) is 46.0 Å². The Hall–Kier alpha value is -1.20. The van der Waals surface area contributed by atoms with Gasteiger partial charge in [-0.1, -0.05) is 28.1 Å². The standard InChI is InChI=1S/C12H14BrN3O/c1-8-3-4-9(5-10(8)13)11(17)6-12-14-7-15-16(12)2/h3-5,7,11,17H,6H2,1-2H3. The minimum atomic E-state index is -0.560. The molecule has 0 spiro atoms. The molecule has 1 atom stereocenters. The SMILES string of the molecule is Cc1ccc(C(O)Cc2ncnn2C)cc1Br. The highest BCUT2D eigenvalue weighted by molar-refractivity contribution is 9.10. The highest BCUT2D eigenvalue weighted by atomic mass is 79.9. The second-order valence-electron chi connectivity index (χ2n) is 4.03. The molecule has 0 saturated carbocycles. The van der Waals surface area contributed by atoms with Gasteiger partial charge < -0.3 is 5.11 Å². The van der Waals surface area contributed by atoms with E-state index in [2.05, 4.69) is 26.0 Å². The first-order valence-corrected chi connectivity index (χ1v) is 6.14. The third-order valence-corrected chi connectivity index (χ3v) is 3.62. The average molecular weight is 296 g/mol. The fourth-order valence-electron chi connectivity index (χ4n) is 1.61. The van der Waals surface area contributed by atoms with E-state index in [4.69, 9.17) is 0 Å². The molecule has 1 heterocycles. The van der Waals surface area contributed by atoms with Crippen molar-refractivity contribution in [2.45, 2.75) is 19.4 Å². The minimum Gasteiger partial charge on any atom is -0.388 e. The van der Waals surface area contributed by atoms with Gasteiger partial charge in [-0.15, -0.1) is 0 Å². The summed E-state index contributed by atoms with van der Waals surface area (Å²) >= 11 is 3.46. The summed E-state index contributed by atoms with van der Waals surface area (Å²) in [5, 5.41) is 14.1. The fraction of sp³-hybridized carbons (Fsp3) is 0.333. The lowest BCUT2D eigenvalue weighted by molar-refractivity contribution is 0.174. The lowest BCUT2D eigenvalue weighted by Gasteiger charge is -2.11. The van der Waals surface area contributed by atoms with Gasteiger partial charge in [0.15, 0.2) is 0 Å². The molecule has 1 aromatic carbocycles. The van der Waals surface area contributed by atoms with E-state index >= 15 is 0 Å². The van der Waals surface area contributed by atoms with E-state index in [1.165, 1.54) is 6.33 Å². The summed E-state index contributed by atoms with van der Waals surface area (Å²) in [5.41, 5.74) is 2.03. The molecule has 0 fully saturated rings. The first kappa shape index (κ1) is 12.3. The van der Waals surface area contributed by atoms with Gasteiger partial charge in [-0.3, -0.25) is 4.68 Å². The third kappa shape index (κ3) is 2.73. The molecular formula is C12H14BrN3O. The molecular weight excluding hydrogens is 282 g/mol. The van der Waals surface area contributed by atoms with E-state index in [0.29, 0.717) is 6.42 Å². The van der Waals surface area contributed by atoms with E-state index in [0.717, 1.165) is 21.4 Å². The molecule has 5 heteroatoms. The molecule has 0 aliphatic heterocycles. The molecule has 1 aromatic heterocycles. The van der Waals surface area contributed by atoms with Crippen LogP contribution in [0.15, 0.2) is 29.0 Å². The van der Waals surface area contributed by atoms with Crippen LogP contribution in [-0.4, -0.2) is 19.9 Å². The highest BCUT2D eigenvalue weighted by Crippen LogP contribution is 2.23. The summed E-state index contributed by atoms with van der Waals surface area (Å²) in [7, 11) is 1.82. The summed E-state index contributed by atoms with van der Waals surface area (Å²) in [4.78, 5) is 4.10. The monoisotopic (exact) mass is 295 g/mol. The van der Waals surface area contributed by atoms with Crippen molar-refractivity contribution in [3.63, 3.8) is 0 Å². The Kier molecular flexibility index (Phi) is 3.59. The molecule has 0 aliphatic rings. The number of aliphatic hydroxyl groups excluding tert-OH is 1. The highest BCUT2D eigenvalue weighted by Gasteiger charge is 2.12. The number of halogens is 1. The molecule has 0 amide bonds. The van der Waals surface area contributed by atoms with Crippen molar-refractivity contribution in [2.75, 3.05) is 0 Å². The number of benzene rings is 1. The molecule has 1 N–H and O–H groups in total. The smallest absolute Gasteiger partial charge is 0.138 e. The minimum absolute atomic E-state index is 0.464. The Morgan fingerprint density at radius 3 is 2.82 bits per heavy atom. The van der Waals surface area contributed by atoms with Crippen LogP contribution in [0.25, 0.3) is 0 Å². The van der Waals surface area contributed by atoms with Crippen molar-refractivity contribution in [2.24, 2.45) is 7.05 Å². The average Bonchev–Trinajstić information content (AvgIpc) is 2.68. The Morgan fingerprint density at radius 1 is 1.47 bits per heavy atom. The molecule has 4 nitrogen and oxygen atoms in total. The largest absolute Gasteiger partial charge is 0.388 e. The van der Waals surface area contributed by atoms with Crippen molar-refractivity contribution in [3.8, 4) is 0 Å². The zero-order valence-electron chi connectivity index (χ0n) is 9.76. The molecule has 0 radical (unpaired) electrons. The normalized spacial score (nSPS) is 12.7. The maximum Gasteiger partial charge on any atom is 0.138 e. The van der Waals surface area contributed by atoms with Crippen molar-refractivity contribution in [1.82, 2.24) is 14.8 Å². The van der Waals surface area contributed by atoms with E-state index in [-0.39, 0.29) is 0 Å². The van der Waals surface area contributed by atoms with Crippen LogP contribution >= 0.6 is 15.9 Å². The summed E-state index contributed by atoms with van der Waals surface area (Å²) in [6, 6.07) is 5.86. The number of aromatic nitrogens is 3. The number of aliphatic hydroxyl groups is 1. The maximum absolute atomic E-state index is 10.1.